The van der Waals surface area contributed by atoms with Gasteiger partial charge >= 0.3 is 0 Å². The number of pyridine rings is 1. The Bertz CT molecular complexity index is 692. The Hall–Kier alpha value is -2.10. The molecule has 0 unspecified atom stereocenters. The second kappa shape index (κ2) is 6.19. The van der Waals surface area contributed by atoms with Gasteiger partial charge < -0.3 is 10.2 Å². The zero-order valence-corrected chi connectivity index (χ0v) is 14.2. The summed E-state index contributed by atoms with van der Waals surface area (Å²) in [6.07, 6.45) is 3.81. The molecule has 1 aromatic heterocycles. The first-order valence-electron chi connectivity index (χ1n) is 8.35. The number of nitrogens with zero attached hydrogens (tertiary/aromatic N) is 2. The molecule has 2 aromatic rings. The molecule has 3 rings (SSSR count). The molecule has 1 N–H and O–H groups in total. The van der Waals surface area contributed by atoms with Gasteiger partial charge in [0.15, 0.2) is 0 Å². The number of benzene rings is 1. The van der Waals surface area contributed by atoms with Gasteiger partial charge in [-0.15, -0.1) is 0 Å². The van der Waals surface area contributed by atoms with Crippen LogP contribution in [0.5, 0.6) is 0 Å². The molecule has 122 valence electrons. The Balaban J connectivity index is 1.68. The Morgan fingerprint density at radius 1 is 1.17 bits per heavy atom. The average Bonchev–Trinajstić information content (AvgIpc) is 2.54. The Morgan fingerprint density at radius 2 is 1.87 bits per heavy atom. The summed E-state index contributed by atoms with van der Waals surface area (Å²) in [6, 6.07) is 10.7. The van der Waals surface area contributed by atoms with E-state index in [4.69, 9.17) is 0 Å². The number of hydrogen-bond donors (Lipinski definition) is 1. The van der Waals surface area contributed by atoms with Crippen molar-refractivity contribution < 1.29 is 4.79 Å². The molecule has 1 aromatic carbocycles. The molecule has 4 nitrogen and oxygen atoms in total. The summed E-state index contributed by atoms with van der Waals surface area (Å²) in [5.41, 5.74) is -0.325. The van der Waals surface area contributed by atoms with Crippen LogP contribution >= 0.6 is 0 Å². The number of hydrogen-bond acceptors (Lipinski definition) is 3. The first-order chi connectivity index (χ1) is 10.9. The minimum Gasteiger partial charge on any atom is -0.356 e. The summed E-state index contributed by atoms with van der Waals surface area (Å²) in [5, 5.41) is 5.61. The fourth-order valence-electron chi connectivity index (χ4n) is 2.99. The number of piperidine rings is 1. The summed E-state index contributed by atoms with van der Waals surface area (Å²) in [6.45, 7) is 7.72. The van der Waals surface area contributed by atoms with Crippen LogP contribution in [-0.2, 0) is 4.79 Å². The van der Waals surface area contributed by atoms with Crippen LogP contribution in [0.25, 0.3) is 10.8 Å². The van der Waals surface area contributed by atoms with Gasteiger partial charge in [-0.2, -0.15) is 0 Å². The molecular weight excluding hydrogens is 286 g/mol. The lowest BCUT2D eigenvalue weighted by molar-refractivity contribution is -0.129. The molecule has 0 saturated carbocycles. The minimum atomic E-state index is -0.325. The predicted molar refractivity (Wildman–Crippen MR) is 94.6 cm³/mol. The second-order valence-electron chi connectivity index (χ2n) is 7.34. The third-order valence-electron chi connectivity index (χ3n) is 4.46. The summed E-state index contributed by atoms with van der Waals surface area (Å²) in [7, 11) is 0. The summed E-state index contributed by atoms with van der Waals surface area (Å²) in [5.74, 6) is 1.20. The van der Waals surface area contributed by atoms with Crippen LogP contribution in [0.2, 0.25) is 0 Å². The Labute approximate surface area is 137 Å². The van der Waals surface area contributed by atoms with E-state index in [0.717, 1.165) is 31.7 Å². The van der Waals surface area contributed by atoms with Crippen LogP contribution in [0.1, 0.15) is 33.6 Å². The fraction of sp³-hybridized carbons (Fsp3) is 0.474. The van der Waals surface area contributed by atoms with E-state index in [0.29, 0.717) is 0 Å². The van der Waals surface area contributed by atoms with Crippen molar-refractivity contribution in [2.24, 2.45) is 5.41 Å². The fourth-order valence-corrected chi connectivity index (χ4v) is 2.99. The van der Waals surface area contributed by atoms with E-state index in [1.165, 1.54) is 10.8 Å². The van der Waals surface area contributed by atoms with E-state index in [2.05, 4.69) is 45.5 Å². The van der Waals surface area contributed by atoms with Crippen LogP contribution in [0.4, 0.5) is 5.82 Å². The molecule has 0 aliphatic carbocycles. The number of aromatic nitrogens is 1. The highest BCUT2D eigenvalue weighted by Gasteiger charge is 2.27. The third kappa shape index (κ3) is 3.46. The monoisotopic (exact) mass is 311 g/mol. The Morgan fingerprint density at radius 3 is 2.57 bits per heavy atom. The quantitative estimate of drug-likeness (QED) is 0.925. The normalized spacial score (nSPS) is 16.6. The maximum Gasteiger partial charge on any atom is 0.225 e. The van der Waals surface area contributed by atoms with Crippen molar-refractivity contribution in [1.29, 1.82) is 0 Å². The van der Waals surface area contributed by atoms with E-state index < -0.39 is 0 Å². The van der Waals surface area contributed by atoms with E-state index in [-0.39, 0.29) is 17.4 Å². The van der Waals surface area contributed by atoms with Gasteiger partial charge in [-0.25, -0.2) is 4.98 Å². The number of carbonyl (C=O) groups excluding carboxylic acids is 1. The minimum absolute atomic E-state index is 0.138. The van der Waals surface area contributed by atoms with Crippen molar-refractivity contribution in [3.8, 4) is 0 Å². The molecule has 1 aliphatic rings. The highest BCUT2D eigenvalue weighted by Crippen LogP contribution is 2.27. The van der Waals surface area contributed by atoms with Crippen LogP contribution < -0.4 is 10.2 Å². The van der Waals surface area contributed by atoms with E-state index in [1.54, 1.807) is 0 Å². The molecule has 2 heterocycles. The van der Waals surface area contributed by atoms with E-state index >= 15 is 0 Å². The molecular formula is C19H25N3O. The number of fused-ring (bicyclic) bond motifs is 1. The van der Waals surface area contributed by atoms with E-state index in [9.17, 15) is 4.79 Å². The van der Waals surface area contributed by atoms with Gasteiger partial charge in [-0.05, 0) is 24.3 Å². The van der Waals surface area contributed by atoms with Crippen molar-refractivity contribution in [3.63, 3.8) is 0 Å². The maximum atomic E-state index is 12.1. The molecule has 0 bridgehead atoms. The Kier molecular flexibility index (Phi) is 4.24. The van der Waals surface area contributed by atoms with Crippen molar-refractivity contribution in [1.82, 2.24) is 10.3 Å². The van der Waals surface area contributed by atoms with Crippen molar-refractivity contribution >= 4 is 22.5 Å². The molecule has 1 amide bonds. The van der Waals surface area contributed by atoms with Crippen LogP contribution in [0, 0.1) is 5.41 Å². The van der Waals surface area contributed by atoms with Gasteiger partial charge in [-0.1, -0.05) is 45.0 Å². The first-order valence-corrected chi connectivity index (χ1v) is 8.35. The van der Waals surface area contributed by atoms with Crippen LogP contribution in [0.15, 0.2) is 36.5 Å². The smallest absolute Gasteiger partial charge is 0.225 e. The molecule has 0 radical (unpaired) electrons. The number of carbonyl (C=O) groups is 1. The lowest BCUT2D eigenvalue weighted by atomic mass is 9.94. The van der Waals surface area contributed by atoms with Gasteiger partial charge in [0.05, 0.1) is 0 Å². The highest BCUT2D eigenvalue weighted by atomic mass is 16.2. The van der Waals surface area contributed by atoms with Gasteiger partial charge in [0.1, 0.15) is 5.82 Å². The van der Waals surface area contributed by atoms with Crippen LogP contribution in [-0.4, -0.2) is 30.0 Å². The summed E-state index contributed by atoms with van der Waals surface area (Å²) < 4.78 is 0. The zero-order chi connectivity index (χ0) is 16.4. The van der Waals surface area contributed by atoms with Crippen molar-refractivity contribution in [2.45, 2.75) is 39.7 Å². The van der Waals surface area contributed by atoms with E-state index in [1.807, 2.05) is 27.0 Å². The lowest BCUT2D eigenvalue weighted by Gasteiger charge is -2.34. The van der Waals surface area contributed by atoms with Crippen molar-refractivity contribution in [3.05, 3.63) is 36.5 Å². The number of nitrogens with one attached hydrogen (secondary N) is 1. The van der Waals surface area contributed by atoms with Crippen molar-refractivity contribution in [2.75, 3.05) is 18.0 Å². The molecule has 1 saturated heterocycles. The number of rotatable bonds is 2. The molecule has 4 heteroatoms. The summed E-state index contributed by atoms with van der Waals surface area (Å²) >= 11 is 0. The molecule has 0 atom stereocenters. The largest absolute Gasteiger partial charge is 0.356 e. The molecule has 23 heavy (non-hydrogen) atoms. The van der Waals surface area contributed by atoms with Gasteiger partial charge in [0, 0.05) is 36.1 Å². The SMILES string of the molecule is CC(C)(C)C(=O)NC1CCN(c2nccc3ccccc23)CC1. The van der Waals surface area contributed by atoms with Crippen LogP contribution in [0.3, 0.4) is 0 Å². The third-order valence-corrected chi connectivity index (χ3v) is 4.46. The number of anilines is 1. The highest BCUT2D eigenvalue weighted by molar-refractivity contribution is 5.92. The zero-order valence-electron chi connectivity index (χ0n) is 14.2. The lowest BCUT2D eigenvalue weighted by Crippen LogP contribution is -2.48. The second-order valence-corrected chi connectivity index (χ2v) is 7.34. The summed E-state index contributed by atoms with van der Waals surface area (Å²) in [4.78, 5) is 19.1. The predicted octanol–water partition coefficient (Wildman–Crippen LogP) is 3.37. The number of amides is 1. The van der Waals surface area contributed by atoms with Gasteiger partial charge in [0.25, 0.3) is 0 Å². The maximum absolute atomic E-state index is 12.1. The topological polar surface area (TPSA) is 45.2 Å². The van der Waals surface area contributed by atoms with Gasteiger partial charge in [-0.3, -0.25) is 4.79 Å². The average molecular weight is 311 g/mol. The molecule has 1 fully saturated rings. The van der Waals surface area contributed by atoms with Gasteiger partial charge in [0.2, 0.25) is 5.91 Å². The standard InChI is InChI=1S/C19H25N3O/c1-19(2,3)18(23)21-15-9-12-22(13-10-15)17-16-7-5-4-6-14(16)8-11-20-17/h4-8,11,15H,9-10,12-13H2,1-3H3,(H,21,23). The molecule has 0 spiro atoms. The molecule has 1 aliphatic heterocycles. The first kappa shape index (κ1) is 15.8.